The fourth-order valence-corrected chi connectivity index (χ4v) is 2.03. The van der Waals surface area contributed by atoms with Crippen molar-refractivity contribution in [1.29, 1.82) is 0 Å². The molecule has 0 aliphatic carbocycles. The highest BCUT2D eigenvalue weighted by atomic mass is 19.1. The van der Waals surface area contributed by atoms with Crippen LogP contribution in [0.5, 0.6) is 5.75 Å². The summed E-state index contributed by atoms with van der Waals surface area (Å²) in [6, 6.07) is 5.22. The minimum absolute atomic E-state index is 0.159. The molecule has 0 radical (unpaired) electrons. The van der Waals surface area contributed by atoms with Crippen molar-refractivity contribution in [2.45, 2.75) is 46.1 Å². The molecule has 0 fully saturated rings. The van der Waals surface area contributed by atoms with Gasteiger partial charge in [-0.15, -0.1) is 0 Å². The van der Waals surface area contributed by atoms with Crippen LogP contribution in [0, 0.1) is 11.7 Å². The van der Waals surface area contributed by atoms with Crippen LogP contribution in [0.25, 0.3) is 0 Å². The molecule has 3 heteroatoms. The van der Waals surface area contributed by atoms with Gasteiger partial charge < -0.3 is 10.1 Å². The molecule has 0 aliphatic rings. The van der Waals surface area contributed by atoms with Gasteiger partial charge in [0.1, 0.15) is 0 Å². The Bertz CT molecular complexity index is 398. The first kappa shape index (κ1) is 16.0. The van der Waals surface area contributed by atoms with Gasteiger partial charge in [-0.1, -0.05) is 13.0 Å². The molecule has 1 aromatic rings. The van der Waals surface area contributed by atoms with E-state index in [1.165, 1.54) is 7.11 Å². The average molecular weight is 267 g/mol. The highest BCUT2D eigenvalue weighted by molar-refractivity contribution is 5.29. The monoisotopic (exact) mass is 267 g/mol. The lowest BCUT2D eigenvalue weighted by molar-refractivity contribution is 0.384. The minimum Gasteiger partial charge on any atom is -0.494 e. The molecule has 0 spiro atoms. The first-order valence-electron chi connectivity index (χ1n) is 6.89. The fraction of sp³-hybridized carbons (Fsp3) is 0.625. The molecule has 0 saturated heterocycles. The van der Waals surface area contributed by atoms with Gasteiger partial charge in [0.05, 0.1) is 7.11 Å². The normalized spacial score (nSPS) is 13.4. The second-order valence-electron chi connectivity index (χ2n) is 6.24. The van der Waals surface area contributed by atoms with Gasteiger partial charge in [-0.25, -0.2) is 4.39 Å². The number of hydrogen-bond donors (Lipinski definition) is 1. The second-order valence-corrected chi connectivity index (χ2v) is 6.24. The van der Waals surface area contributed by atoms with Crippen LogP contribution in [0.2, 0.25) is 0 Å². The van der Waals surface area contributed by atoms with Crippen molar-refractivity contribution in [1.82, 2.24) is 5.32 Å². The SMILES string of the molecule is COc1ccc(CC(C)CCNC(C)(C)C)cc1F. The van der Waals surface area contributed by atoms with E-state index < -0.39 is 0 Å². The molecule has 1 rings (SSSR count). The first-order valence-corrected chi connectivity index (χ1v) is 6.89. The van der Waals surface area contributed by atoms with E-state index in [9.17, 15) is 4.39 Å². The van der Waals surface area contributed by atoms with Crippen LogP contribution < -0.4 is 10.1 Å². The van der Waals surface area contributed by atoms with Crippen LogP contribution in [0.1, 0.15) is 39.7 Å². The maximum absolute atomic E-state index is 13.6. The molecule has 1 atom stereocenters. The molecule has 2 nitrogen and oxygen atoms in total. The predicted molar refractivity (Wildman–Crippen MR) is 78.2 cm³/mol. The highest BCUT2D eigenvalue weighted by Crippen LogP contribution is 2.20. The summed E-state index contributed by atoms with van der Waals surface area (Å²) in [7, 11) is 1.48. The average Bonchev–Trinajstić information content (AvgIpc) is 2.27. The molecule has 0 saturated carbocycles. The highest BCUT2D eigenvalue weighted by Gasteiger charge is 2.11. The summed E-state index contributed by atoms with van der Waals surface area (Å²) in [5, 5.41) is 3.47. The molecular weight excluding hydrogens is 241 g/mol. The lowest BCUT2D eigenvalue weighted by atomic mass is 9.97. The van der Waals surface area contributed by atoms with E-state index in [2.05, 4.69) is 33.0 Å². The number of benzene rings is 1. The van der Waals surface area contributed by atoms with Gasteiger partial charge >= 0.3 is 0 Å². The second kappa shape index (κ2) is 6.90. The Hall–Kier alpha value is -1.09. The van der Waals surface area contributed by atoms with E-state index in [0.29, 0.717) is 11.7 Å². The molecule has 0 aliphatic heterocycles. The van der Waals surface area contributed by atoms with Gasteiger partial charge in [-0.05, 0) is 63.8 Å². The number of rotatable bonds is 6. The van der Waals surface area contributed by atoms with E-state index >= 15 is 0 Å². The van der Waals surface area contributed by atoms with Gasteiger partial charge in [0.15, 0.2) is 11.6 Å². The number of methoxy groups -OCH3 is 1. The van der Waals surface area contributed by atoms with E-state index in [1.807, 2.05) is 6.07 Å². The largest absolute Gasteiger partial charge is 0.494 e. The van der Waals surface area contributed by atoms with Gasteiger partial charge in [-0.2, -0.15) is 0 Å². The molecule has 0 aromatic heterocycles. The van der Waals surface area contributed by atoms with Crippen molar-refractivity contribution >= 4 is 0 Å². The van der Waals surface area contributed by atoms with Gasteiger partial charge in [0.2, 0.25) is 0 Å². The summed E-state index contributed by atoms with van der Waals surface area (Å²) in [6.07, 6.45) is 1.98. The van der Waals surface area contributed by atoms with Crippen molar-refractivity contribution in [3.63, 3.8) is 0 Å². The Morgan fingerprint density at radius 3 is 2.53 bits per heavy atom. The standard InChI is InChI=1S/C16H26FNO/c1-12(8-9-18-16(2,3)4)10-13-6-7-15(19-5)14(17)11-13/h6-7,11-12,18H,8-10H2,1-5H3. The van der Waals surface area contributed by atoms with Crippen molar-refractivity contribution in [3.05, 3.63) is 29.6 Å². The quantitative estimate of drug-likeness (QED) is 0.846. The smallest absolute Gasteiger partial charge is 0.165 e. The zero-order valence-corrected chi connectivity index (χ0v) is 12.7. The summed E-state index contributed by atoms with van der Waals surface area (Å²) in [5.41, 5.74) is 1.19. The van der Waals surface area contributed by atoms with Gasteiger partial charge in [0.25, 0.3) is 0 Å². The molecule has 0 bridgehead atoms. The first-order chi connectivity index (χ1) is 8.81. The molecule has 1 N–H and O–H groups in total. The van der Waals surface area contributed by atoms with Crippen LogP contribution in [-0.4, -0.2) is 19.2 Å². The Balaban J connectivity index is 2.44. The Kier molecular flexibility index (Phi) is 5.80. The summed E-state index contributed by atoms with van der Waals surface area (Å²) >= 11 is 0. The van der Waals surface area contributed by atoms with Crippen molar-refractivity contribution in [3.8, 4) is 5.75 Å². The summed E-state index contributed by atoms with van der Waals surface area (Å²) in [6.45, 7) is 9.68. The molecule has 19 heavy (non-hydrogen) atoms. The number of ether oxygens (including phenoxy) is 1. The predicted octanol–water partition coefficient (Wildman–Crippen LogP) is 3.79. The van der Waals surface area contributed by atoms with E-state index in [4.69, 9.17) is 4.74 Å². The summed E-state index contributed by atoms with van der Waals surface area (Å²) in [5.74, 6) is 0.563. The number of halogens is 1. The third kappa shape index (κ3) is 6.06. The summed E-state index contributed by atoms with van der Waals surface area (Å²) in [4.78, 5) is 0. The van der Waals surface area contributed by atoms with Crippen LogP contribution in [-0.2, 0) is 6.42 Å². The van der Waals surface area contributed by atoms with Gasteiger partial charge in [0, 0.05) is 5.54 Å². The number of hydrogen-bond acceptors (Lipinski definition) is 2. The lowest BCUT2D eigenvalue weighted by Crippen LogP contribution is -2.37. The zero-order valence-electron chi connectivity index (χ0n) is 12.7. The Morgan fingerprint density at radius 2 is 2.00 bits per heavy atom. The van der Waals surface area contributed by atoms with Crippen molar-refractivity contribution in [2.75, 3.05) is 13.7 Å². The van der Waals surface area contributed by atoms with Crippen LogP contribution >= 0.6 is 0 Å². The minimum atomic E-state index is -0.278. The molecule has 1 unspecified atom stereocenters. The van der Waals surface area contributed by atoms with E-state index in [0.717, 1.165) is 24.9 Å². The molecule has 1 aromatic carbocycles. The molecule has 0 amide bonds. The maximum Gasteiger partial charge on any atom is 0.165 e. The van der Waals surface area contributed by atoms with Crippen LogP contribution in [0.15, 0.2) is 18.2 Å². The van der Waals surface area contributed by atoms with E-state index in [1.54, 1.807) is 12.1 Å². The third-order valence-corrected chi connectivity index (χ3v) is 3.09. The summed E-state index contributed by atoms with van der Waals surface area (Å²) < 4.78 is 18.5. The fourth-order valence-electron chi connectivity index (χ4n) is 2.03. The molecular formula is C16H26FNO. The molecule has 0 heterocycles. The van der Waals surface area contributed by atoms with Crippen molar-refractivity contribution < 1.29 is 9.13 Å². The van der Waals surface area contributed by atoms with E-state index in [-0.39, 0.29) is 11.4 Å². The Morgan fingerprint density at radius 1 is 1.32 bits per heavy atom. The van der Waals surface area contributed by atoms with Gasteiger partial charge in [-0.3, -0.25) is 0 Å². The maximum atomic E-state index is 13.6. The lowest BCUT2D eigenvalue weighted by Gasteiger charge is -2.22. The third-order valence-electron chi connectivity index (χ3n) is 3.09. The van der Waals surface area contributed by atoms with Crippen molar-refractivity contribution in [2.24, 2.45) is 5.92 Å². The van der Waals surface area contributed by atoms with Crippen LogP contribution in [0.4, 0.5) is 4.39 Å². The zero-order chi connectivity index (χ0) is 14.5. The molecule has 108 valence electrons. The Labute approximate surface area is 116 Å². The van der Waals surface area contributed by atoms with Crippen LogP contribution in [0.3, 0.4) is 0 Å². The topological polar surface area (TPSA) is 21.3 Å². The number of nitrogens with one attached hydrogen (secondary N) is 1.